The van der Waals surface area contributed by atoms with E-state index in [-0.39, 0.29) is 5.91 Å². The van der Waals surface area contributed by atoms with Crippen LogP contribution in [0.1, 0.15) is 33.1 Å². The molecule has 1 amide bonds. The molecule has 0 fully saturated rings. The number of halogens is 2. The molecule has 4 aromatic rings. The molecule has 8 nitrogen and oxygen atoms in total. The highest BCUT2D eigenvalue weighted by Crippen LogP contribution is 2.20. The molecular formula is C21H21BrClN7O. The Hall–Kier alpha value is -2.91. The van der Waals surface area contributed by atoms with E-state index in [1.54, 1.807) is 16.9 Å². The minimum atomic E-state index is -0.319. The van der Waals surface area contributed by atoms with Crippen LogP contribution in [0, 0.1) is 20.8 Å². The Labute approximate surface area is 192 Å². The number of amides is 1. The first-order valence-electron chi connectivity index (χ1n) is 9.63. The largest absolute Gasteiger partial charge is 0.304 e. The van der Waals surface area contributed by atoms with Gasteiger partial charge in [-0.15, -0.1) is 0 Å². The lowest BCUT2D eigenvalue weighted by Gasteiger charge is -2.05. The third-order valence-corrected chi connectivity index (χ3v) is 6.27. The Morgan fingerprint density at radius 3 is 2.61 bits per heavy atom. The zero-order chi connectivity index (χ0) is 22.1. The van der Waals surface area contributed by atoms with Crippen molar-refractivity contribution in [2.75, 3.05) is 5.32 Å². The van der Waals surface area contributed by atoms with Crippen molar-refractivity contribution in [3.63, 3.8) is 0 Å². The summed E-state index contributed by atoms with van der Waals surface area (Å²) in [6, 6.07) is 11.1. The standard InChI is InChI=1S/C21H21BrClN7O/c1-13-9-19(27-29(13)11-16-5-4-6-17(23)10-16)24-21(31)18-7-8-28(26-18)12-30-15(3)20(22)14(2)25-30/h4-10H,11-12H2,1-3H3,(H,24,27,31). The summed E-state index contributed by atoms with van der Waals surface area (Å²) in [6.07, 6.45) is 1.75. The number of carbonyl (C=O) groups excluding carboxylic acids is 1. The summed E-state index contributed by atoms with van der Waals surface area (Å²) in [5.41, 5.74) is 4.18. The number of carbonyl (C=O) groups is 1. The summed E-state index contributed by atoms with van der Waals surface area (Å²) in [5.74, 6) is 0.155. The molecule has 3 heterocycles. The van der Waals surface area contributed by atoms with E-state index in [1.165, 1.54) is 0 Å². The van der Waals surface area contributed by atoms with Gasteiger partial charge in [-0.25, -0.2) is 4.68 Å². The van der Waals surface area contributed by atoms with Crippen LogP contribution in [-0.4, -0.2) is 35.2 Å². The van der Waals surface area contributed by atoms with Gasteiger partial charge in [0, 0.05) is 23.0 Å². The van der Waals surface area contributed by atoms with Gasteiger partial charge in [0.25, 0.3) is 5.91 Å². The van der Waals surface area contributed by atoms with E-state index in [0.717, 1.165) is 27.1 Å². The highest BCUT2D eigenvalue weighted by molar-refractivity contribution is 9.10. The molecule has 0 bridgehead atoms. The number of aryl methyl sites for hydroxylation is 2. The topological polar surface area (TPSA) is 82.6 Å². The number of hydrogen-bond donors (Lipinski definition) is 1. The third-order valence-electron chi connectivity index (χ3n) is 4.89. The van der Waals surface area contributed by atoms with Crippen LogP contribution in [0.4, 0.5) is 5.82 Å². The first-order valence-corrected chi connectivity index (χ1v) is 10.8. The number of aromatic nitrogens is 6. The van der Waals surface area contributed by atoms with Crippen molar-refractivity contribution in [1.82, 2.24) is 29.3 Å². The maximum Gasteiger partial charge on any atom is 0.277 e. The summed E-state index contributed by atoms with van der Waals surface area (Å²) in [4.78, 5) is 12.6. The van der Waals surface area contributed by atoms with E-state index < -0.39 is 0 Å². The number of rotatable bonds is 6. The van der Waals surface area contributed by atoms with Crippen LogP contribution in [0.25, 0.3) is 0 Å². The summed E-state index contributed by atoms with van der Waals surface area (Å²) in [5, 5.41) is 16.8. The van der Waals surface area contributed by atoms with Crippen molar-refractivity contribution in [3.05, 3.63) is 80.4 Å². The zero-order valence-corrected chi connectivity index (χ0v) is 19.6. The summed E-state index contributed by atoms with van der Waals surface area (Å²) in [6.45, 7) is 6.83. The van der Waals surface area contributed by atoms with Crippen molar-refractivity contribution in [2.45, 2.75) is 34.0 Å². The van der Waals surface area contributed by atoms with E-state index in [4.69, 9.17) is 11.6 Å². The third kappa shape index (κ3) is 4.72. The Bertz CT molecular complexity index is 1260. The fraction of sp³-hybridized carbons (Fsp3) is 0.238. The maximum absolute atomic E-state index is 12.6. The van der Waals surface area contributed by atoms with E-state index in [9.17, 15) is 4.79 Å². The van der Waals surface area contributed by atoms with Crippen molar-refractivity contribution >= 4 is 39.3 Å². The molecule has 0 atom stereocenters. The number of nitrogens with zero attached hydrogens (tertiary/aromatic N) is 6. The summed E-state index contributed by atoms with van der Waals surface area (Å²) < 4.78 is 6.29. The van der Waals surface area contributed by atoms with E-state index in [1.807, 2.05) is 60.5 Å². The molecule has 0 aliphatic rings. The number of benzene rings is 1. The first kappa shape index (κ1) is 21.3. The quantitative estimate of drug-likeness (QED) is 0.423. The number of hydrogen-bond acceptors (Lipinski definition) is 4. The lowest BCUT2D eigenvalue weighted by molar-refractivity contribution is 0.102. The fourth-order valence-electron chi connectivity index (χ4n) is 3.23. The number of nitrogens with one attached hydrogen (secondary N) is 1. The Morgan fingerprint density at radius 2 is 1.90 bits per heavy atom. The molecule has 0 saturated carbocycles. The molecule has 0 aliphatic heterocycles. The van der Waals surface area contributed by atoms with E-state index in [0.29, 0.717) is 29.7 Å². The van der Waals surface area contributed by atoms with Crippen LogP contribution >= 0.6 is 27.5 Å². The van der Waals surface area contributed by atoms with Crippen LogP contribution in [-0.2, 0) is 13.2 Å². The van der Waals surface area contributed by atoms with Gasteiger partial charge in [-0.1, -0.05) is 23.7 Å². The molecule has 0 radical (unpaired) electrons. The van der Waals surface area contributed by atoms with Gasteiger partial charge in [0.15, 0.2) is 11.5 Å². The van der Waals surface area contributed by atoms with Crippen LogP contribution in [0.2, 0.25) is 5.02 Å². The molecule has 4 rings (SSSR count). The minimum Gasteiger partial charge on any atom is -0.304 e. The van der Waals surface area contributed by atoms with Gasteiger partial charge in [-0.05, 0) is 60.5 Å². The molecule has 1 aromatic carbocycles. The van der Waals surface area contributed by atoms with E-state index in [2.05, 4.69) is 36.5 Å². The Morgan fingerprint density at radius 1 is 1.10 bits per heavy atom. The monoisotopic (exact) mass is 501 g/mol. The van der Waals surface area contributed by atoms with Gasteiger partial charge < -0.3 is 5.32 Å². The molecule has 0 unspecified atom stereocenters. The molecule has 10 heteroatoms. The molecule has 1 N–H and O–H groups in total. The molecular weight excluding hydrogens is 482 g/mol. The van der Waals surface area contributed by atoms with Gasteiger partial charge in [0.1, 0.15) is 6.67 Å². The van der Waals surface area contributed by atoms with Gasteiger partial charge in [0.05, 0.1) is 22.4 Å². The second-order valence-electron chi connectivity index (χ2n) is 7.28. The minimum absolute atomic E-state index is 0.308. The molecule has 3 aromatic heterocycles. The fourth-order valence-corrected chi connectivity index (χ4v) is 3.73. The molecule has 0 aliphatic carbocycles. The molecule has 160 valence electrons. The summed E-state index contributed by atoms with van der Waals surface area (Å²) >= 11 is 9.58. The predicted octanol–water partition coefficient (Wildman–Crippen LogP) is 4.42. The highest BCUT2D eigenvalue weighted by Gasteiger charge is 2.14. The van der Waals surface area contributed by atoms with Gasteiger partial charge in [-0.2, -0.15) is 15.3 Å². The summed E-state index contributed by atoms with van der Waals surface area (Å²) in [7, 11) is 0. The second-order valence-corrected chi connectivity index (χ2v) is 8.51. The predicted molar refractivity (Wildman–Crippen MR) is 122 cm³/mol. The van der Waals surface area contributed by atoms with Gasteiger partial charge >= 0.3 is 0 Å². The lowest BCUT2D eigenvalue weighted by Crippen LogP contribution is -2.16. The van der Waals surface area contributed by atoms with Crippen molar-refractivity contribution in [2.24, 2.45) is 0 Å². The molecule has 0 spiro atoms. The smallest absolute Gasteiger partial charge is 0.277 e. The molecule has 0 saturated heterocycles. The average Bonchev–Trinajstić information content (AvgIpc) is 3.38. The lowest BCUT2D eigenvalue weighted by atomic mass is 10.2. The van der Waals surface area contributed by atoms with Crippen LogP contribution < -0.4 is 5.32 Å². The zero-order valence-electron chi connectivity index (χ0n) is 17.3. The van der Waals surface area contributed by atoms with Gasteiger partial charge in [0.2, 0.25) is 0 Å². The second kappa shape index (κ2) is 8.68. The van der Waals surface area contributed by atoms with Crippen molar-refractivity contribution < 1.29 is 4.79 Å². The number of anilines is 1. The van der Waals surface area contributed by atoms with Crippen LogP contribution in [0.3, 0.4) is 0 Å². The first-order chi connectivity index (χ1) is 14.8. The van der Waals surface area contributed by atoms with Gasteiger partial charge in [-0.3, -0.25) is 14.2 Å². The van der Waals surface area contributed by atoms with E-state index >= 15 is 0 Å². The normalized spacial score (nSPS) is 11.1. The molecule has 31 heavy (non-hydrogen) atoms. The van der Waals surface area contributed by atoms with Crippen LogP contribution in [0.5, 0.6) is 0 Å². The SMILES string of the molecule is Cc1nn(Cn2ccc(C(=O)Nc3cc(C)n(Cc4cccc(Cl)c4)n3)n2)c(C)c1Br. The average molecular weight is 503 g/mol. The maximum atomic E-state index is 12.6. The van der Waals surface area contributed by atoms with Crippen molar-refractivity contribution in [3.8, 4) is 0 Å². The van der Waals surface area contributed by atoms with Crippen molar-refractivity contribution in [1.29, 1.82) is 0 Å². The Kier molecular flexibility index (Phi) is 5.97. The highest BCUT2D eigenvalue weighted by atomic mass is 79.9. The van der Waals surface area contributed by atoms with Crippen LogP contribution in [0.15, 0.2) is 47.1 Å². The Balaban J connectivity index is 1.43.